The second-order valence-corrected chi connectivity index (χ2v) is 6.62. The minimum absolute atomic E-state index is 1.11. The standard InChI is InChI=1S/C4H6P2/c1-2-4(5-2)3(1)6-4/h2-3,5-6H,1H2. The van der Waals surface area contributed by atoms with Gasteiger partial charge in [0.15, 0.2) is 0 Å². The van der Waals surface area contributed by atoms with Crippen LogP contribution >= 0.6 is 17.2 Å². The van der Waals surface area contributed by atoms with Crippen LogP contribution in [0.15, 0.2) is 0 Å². The average molecular weight is 116 g/mol. The van der Waals surface area contributed by atoms with Crippen molar-refractivity contribution in [3.8, 4) is 0 Å². The molecule has 0 amide bonds. The van der Waals surface area contributed by atoms with Crippen molar-refractivity contribution in [2.24, 2.45) is 0 Å². The molecule has 3 aliphatic rings. The van der Waals surface area contributed by atoms with Crippen molar-refractivity contribution in [1.29, 1.82) is 0 Å². The predicted molar refractivity (Wildman–Crippen MR) is 31.6 cm³/mol. The molecule has 1 spiro atoms. The van der Waals surface area contributed by atoms with Gasteiger partial charge >= 0.3 is 0 Å². The van der Waals surface area contributed by atoms with Crippen LogP contribution in [0.1, 0.15) is 6.42 Å². The van der Waals surface area contributed by atoms with Crippen molar-refractivity contribution in [3.63, 3.8) is 0 Å². The lowest BCUT2D eigenvalue weighted by Gasteiger charge is -2.01. The molecule has 0 nitrogen and oxygen atoms in total. The molecule has 2 heterocycles. The van der Waals surface area contributed by atoms with E-state index in [-0.39, 0.29) is 0 Å². The molecule has 2 saturated heterocycles. The fraction of sp³-hybridized carbons (Fsp3) is 1.00. The highest BCUT2D eigenvalue weighted by molar-refractivity contribution is 7.78. The van der Waals surface area contributed by atoms with E-state index < -0.39 is 0 Å². The molecule has 2 aliphatic heterocycles. The molecule has 6 heavy (non-hydrogen) atoms. The fourth-order valence-electron chi connectivity index (χ4n) is 1.54. The third-order valence-corrected chi connectivity index (χ3v) is 7.48. The first-order valence-electron chi connectivity index (χ1n) is 2.47. The zero-order valence-corrected chi connectivity index (χ0v) is 5.36. The highest BCUT2D eigenvalue weighted by Crippen LogP contribution is 2.96. The first-order chi connectivity index (χ1) is 2.92. The Hall–Kier alpha value is 0.860. The van der Waals surface area contributed by atoms with E-state index in [0.717, 1.165) is 4.90 Å². The molecule has 32 valence electrons. The van der Waals surface area contributed by atoms with Crippen LogP contribution in [0.2, 0.25) is 0 Å². The van der Waals surface area contributed by atoms with Gasteiger partial charge in [-0.25, -0.2) is 0 Å². The van der Waals surface area contributed by atoms with Crippen LogP contribution in [-0.2, 0) is 0 Å². The molecule has 3 rings (SSSR count). The molecule has 0 aromatic heterocycles. The van der Waals surface area contributed by atoms with Crippen LogP contribution in [0.3, 0.4) is 0 Å². The predicted octanol–water partition coefficient (Wildman–Crippen LogP) is 1.21. The topological polar surface area (TPSA) is 0 Å². The van der Waals surface area contributed by atoms with Crippen molar-refractivity contribution in [2.75, 3.05) is 0 Å². The van der Waals surface area contributed by atoms with E-state index >= 15 is 0 Å². The van der Waals surface area contributed by atoms with Gasteiger partial charge in [0.2, 0.25) is 0 Å². The van der Waals surface area contributed by atoms with Crippen LogP contribution in [0.4, 0.5) is 0 Å². The normalized spacial score (nSPS) is 88.0. The van der Waals surface area contributed by atoms with Crippen molar-refractivity contribution in [2.45, 2.75) is 22.6 Å². The lowest BCUT2D eigenvalue weighted by atomic mass is 10.0. The third kappa shape index (κ3) is 0.139. The van der Waals surface area contributed by atoms with Gasteiger partial charge in [0.25, 0.3) is 0 Å². The third-order valence-electron chi connectivity index (χ3n) is 2.23. The Morgan fingerprint density at radius 2 is 2.00 bits per heavy atom. The zero-order valence-electron chi connectivity index (χ0n) is 3.36. The van der Waals surface area contributed by atoms with Gasteiger partial charge < -0.3 is 0 Å². The summed E-state index contributed by atoms with van der Waals surface area (Å²) in [7, 11) is 2.86. The molecule has 0 aromatic rings. The zero-order chi connectivity index (χ0) is 3.78. The molecule has 0 radical (unpaired) electrons. The van der Waals surface area contributed by atoms with Gasteiger partial charge in [-0.3, -0.25) is 0 Å². The minimum atomic E-state index is 1.11. The Morgan fingerprint density at radius 1 is 1.33 bits per heavy atom. The van der Waals surface area contributed by atoms with Crippen molar-refractivity contribution < 1.29 is 0 Å². The van der Waals surface area contributed by atoms with Gasteiger partial charge in [0, 0.05) is 4.90 Å². The number of hydrogen-bond acceptors (Lipinski definition) is 0. The lowest BCUT2D eigenvalue weighted by Crippen LogP contribution is -2.13. The molecular formula is C4H6P2. The monoisotopic (exact) mass is 116 g/mol. The summed E-state index contributed by atoms with van der Waals surface area (Å²) in [5.74, 6) is 0. The first-order valence-corrected chi connectivity index (χ1v) is 4.63. The quantitative estimate of drug-likeness (QED) is 0.417. The summed E-state index contributed by atoms with van der Waals surface area (Å²) in [5.41, 5.74) is 2.58. The Balaban J connectivity index is 2.26. The van der Waals surface area contributed by atoms with Crippen LogP contribution < -0.4 is 0 Å². The molecule has 4 atom stereocenters. The summed E-state index contributed by atoms with van der Waals surface area (Å²) in [6, 6.07) is 0. The highest BCUT2D eigenvalue weighted by Gasteiger charge is 2.79. The second kappa shape index (κ2) is 0.550. The molecule has 0 bridgehead atoms. The molecule has 4 unspecified atom stereocenters. The second-order valence-electron chi connectivity index (χ2n) is 2.50. The molecule has 1 saturated carbocycles. The Labute approximate surface area is 40.6 Å². The summed E-state index contributed by atoms with van der Waals surface area (Å²) < 4.78 is 0. The average Bonchev–Trinajstić information content (AvgIpc) is 2.31. The van der Waals surface area contributed by atoms with Gasteiger partial charge in [-0.1, -0.05) is 0 Å². The van der Waals surface area contributed by atoms with Crippen LogP contribution in [-0.4, -0.2) is 16.2 Å². The number of rotatable bonds is 0. The largest absolute Gasteiger partial charge is 0.106 e. The summed E-state index contributed by atoms with van der Waals surface area (Å²) in [6.45, 7) is 0. The number of hydrogen-bond donors (Lipinski definition) is 0. The van der Waals surface area contributed by atoms with E-state index in [4.69, 9.17) is 0 Å². The summed E-state index contributed by atoms with van der Waals surface area (Å²) >= 11 is 0. The molecule has 0 aromatic carbocycles. The lowest BCUT2D eigenvalue weighted by molar-refractivity contribution is 0.671. The van der Waals surface area contributed by atoms with Crippen molar-refractivity contribution >= 4 is 17.2 Å². The maximum atomic E-state index is 1.64. The fourth-order valence-corrected chi connectivity index (χ4v) is 6.79. The maximum absolute atomic E-state index is 1.64. The summed E-state index contributed by atoms with van der Waals surface area (Å²) in [4.78, 5) is 1.11. The SMILES string of the molecule is C1C2PC23PC13. The Bertz CT molecular complexity index is 103. The first kappa shape index (κ1) is 3.00. The van der Waals surface area contributed by atoms with Gasteiger partial charge in [-0.2, -0.15) is 0 Å². The molecule has 0 N–H and O–H groups in total. The van der Waals surface area contributed by atoms with Gasteiger partial charge in [-0.15, -0.1) is 17.2 Å². The van der Waals surface area contributed by atoms with Crippen LogP contribution in [0.5, 0.6) is 0 Å². The summed E-state index contributed by atoms with van der Waals surface area (Å²) in [6.07, 6.45) is 1.64. The van der Waals surface area contributed by atoms with E-state index in [9.17, 15) is 0 Å². The van der Waals surface area contributed by atoms with E-state index in [0.29, 0.717) is 0 Å². The minimum Gasteiger partial charge on any atom is -0.106 e. The Kier molecular flexibility index (Phi) is 0.275. The van der Waals surface area contributed by atoms with Crippen LogP contribution in [0, 0.1) is 0 Å². The van der Waals surface area contributed by atoms with Gasteiger partial charge in [0.05, 0.1) is 0 Å². The van der Waals surface area contributed by atoms with E-state index in [1.807, 2.05) is 0 Å². The van der Waals surface area contributed by atoms with Crippen molar-refractivity contribution in [1.82, 2.24) is 0 Å². The highest BCUT2D eigenvalue weighted by atomic mass is 31.1. The molecule has 1 aliphatic carbocycles. The summed E-state index contributed by atoms with van der Waals surface area (Å²) in [5, 5.41) is 0. The van der Waals surface area contributed by atoms with E-state index in [1.165, 1.54) is 28.5 Å². The van der Waals surface area contributed by atoms with E-state index in [2.05, 4.69) is 0 Å². The van der Waals surface area contributed by atoms with Crippen LogP contribution in [0.25, 0.3) is 0 Å². The molecule has 3 fully saturated rings. The maximum Gasteiger partial charge on any atom is 0.0186 e. The van der Waals surface area contributed by atoms with E-state index in [1.54, 1.807) is 6.42 Å². The van der Waals surface area contributed by atoms with Gasteiger partial charge in [-0.05, 0) is 17.7 Å². The molecular weight excluding hydrogens is 110 g/mol. The smallest absolute Gasteiger partial charge is 0.0186 e. The van der Waals surface area contributed by atoms with Crippen molar-refractivity contribution in [3.05, 3.63) is 0 Å². The molecule has 2 heteroatoms. The Morgan fingerprint density at radius 3 is 2.00 bits per heavy atom. The van der Waals surface area contributed by atoms with Gasteiger partial charge in [0.1, 0.15) is 0 Å².